The molecule has 0 heterocycles. The summed E-state index contributed by atoms with van der Waals surface area (Å²) >= 11 is 5.96. The molecule has 0 fully saturated rings. The summed E-state index contributed by atoms with van der Waals surface area (Å²) in [4.78, 5) is 16.6. The van der Waals surface area contributed by atoms with Crippen LogP contribution in [-0.4, -0.2) is 19.1 Å². The van der Waals surface area contributed by atoms with Crippen molar-refractivity contribution in [2.75, 3.05) is 12.4 Å². The molecule has 0 saturated carbocycles. The Bertz CT molecular complexity index is 380. The Morgan fingerprint density at radius 3 is 2.62 bits per heavy atom. The van der Waals surface area contributed by atoms with Crippen molar-refractivity contribution in [2.45, 2.75) is 20.0 Å². The van der Waals surface area contributed by atoms with E-state index in [0.29, 0.717) is 10.6 Å². The number of carbonyl (C=O) groups is 1. The van der Waals surface area contributed by atoms with E-state index in [2.05, 4.69) is 10.8 Å². The summed E-state index contributed by atoms with van der Waals surface area (Å²) in [7, 11) is 1.79. The first-order chi connectivity index (χ1) is 7.54. The number of nitrogens with one attached hydrogen (secondary N) is 2. The van der Waals surface area contributed by atoms with Crippen LogP contribution in [-0.2, 0) is 4.84 Å². The predicted octanol–water partition coefficient (Wildman–Crippen LogP) is 2.45. The summed E-state index contributed by atoms with van der Waals surface area (Å²) in [6, 6.07) is 5.11. The molecule has 2 N–H and O–H groups in total. The van der Waals surface area contributed by atoms with Gasteiger partial charge in [-0.3, -0.25) is 9.63 Å². The van der Waals surface area contributed by atoms with E-state index >= 15 is 0 Å². The summed E-state index contributed by atoms with van der Waals surface area (Å²) in [6.07, 6.45) is -0.0701. The van der Waals surface area contributed by atoms with Crippen molar-refractivity contribution in [1.29, 1.82) is 0 Å². The highest BCUT2D eigenvalue weighted by Crippen LogP contribution is 2.20. The lowest BCUT2D eigenvalue weighted by atomic mass is 10.2. The Hall–Kier alpha value is -1.26. The highest BCUT2D eigenvalue weighted by Gasteiger charge is 2.11. The monoisotopic (exact) mass is 242 g/mol. The molecule has 0 bridgehead atoms. The van der Waals surface area contributed by atoms with Crippen molar-refractivity contribution in [3.8, 4) is 0 Å². The van der Waals surface area contributed by atoms with Crippen molar-refractivity contribution in [3.05, 3.63) is 28.8 Å². The van der Waals surface area contributed by atoms with Gasteiger partial charge in [-0.05, 0) is 32.0 Å². The van der Waals surface area contributed by atoms with Crippen molar-refractivity contribution in [1.82, 2.24) is 5.48 Å². The van der Waals surface area contributed by atoms with Gasteiger partial charge in [-0.15, -0.1) is 0 Å². The van der Waals surface area contributed by atoms with Gasteiger partial charge in [0.25, 0.3) is 5.91 Å². The molecule has 4 nitrogen and oxygen atoms in total. The van der Waals surface area contributed by atoms with Crippen molar-refractivity contribution in [3.63, 3.8) is 0 Å². The van der Waals surface area contributed by atoms with Crippen LogP contribution in [0.2, 0.25) is 5.02 Å². The maximum Gasteiger partial charge on any atom is 0.276 e. The molecule has 0 spiro atoms. The average Bonchev–Trinajstić information content (AvgIpc) is 2.25. The normalized spacial score (nSPS) is 10.3. The predicted molar refractivity (Wildman–Crippen MR) is 64.7 cm³/mol. The molecular formula is C11H15ClN2O2. The second kappa shape index (κ2) is 5.72. The van der Waals surface area contributed by atoms with Crippen LogP contribution in [0.15, 0.2) is 18.2 Å². The van der Waals surface area contributed by atoms with E-state index in [-0.39, 0.29) is 12.0 Å². The summed E-state index contributed by atoms with van der Waals surface area (Å²) in [5.41, 5.74) is 3.58. The molecular weight excluding hydrogens is 228 g/mol. The van der Waals surface area contributed by atoms with Gasteiger partial charge in [0.05, 0.1) is 16.7 Å². The zero-order chi connectivity index (χ0) is 12.1. The number of amides is 1. The molecule has 0 aliphatic rings. The number of rotatable bonds is 4. The Balaban J connectivity index is 2.76. The van der Waals surface area contributed by atoms with E-state index in [4.69, 9.17) is 16.4 Å². The molecule has 1 rings (SSSR count). The van der Waals surface area contributed by atoms with Gasteiger partial charge in [0.15, 0.2) is 0 Å². The smallest absolute Gasteiger partial charge is 0.276 e. The van der Waals surface area contributed by atoms with Gasteiger partial charge in [-0.25, -0.2) is 5.48 Å². The topological polar surface area (TPSA) is 50.4 Å². The number of anilines is 1. The first-order valence-electron chi connectivity index (χ1n) is 4.98. The summed E-state index contributed by atoms with van der Waals surface area (Å²) in [6.45, 7) is 3.65. The van der Waals surface area contributed by atoms with Gasteiger partial charge in [0.1, 0.15) is 0 Å². The molecule has 16 heavy (non-hydrogen) atoms. The lowest BCUT2D eigenvalue weighted by molar-refractivity contribution is 0.000199. The molecule has 1 amide bonds. The molecule has 0 aliphatic carbocycles. The molecule has 0 atom stereocenters. The first kappa shape index (κ1) is 12.8. The van der Waals surface area contributed by atoms with Crippen molar-refractivity contribution in [2.24, 2.45) is 0 Å². The zero-order valence-electron chi connectivity index (χ0n) is 9.50. The first-order valence-corrected chi connectivity index (χ1v) is 5.35. The van der Waals surface area contributed by atoms with Crippen LogP contribution in [0.1, 0.15) is 24.2 Å². The second-order valence-corrected chi connectivity index (χ2v) is 3.95. The molecule has 0 aliphatic heterocycles. The minimum absolute atomic E-state index is 0.0701. The Labute approximate surface area is 99.9 Å². The van der Waals surface area contributed by atoms with Crippen molar-refractivity contribution < 1.29 is 9.63 Å². The third-order valence-electron chi connectivity index (χ3n) is 1.89. The molecule has 0 aromatic heterocycles. The number of halogens is 1. The SMILES string of the molecule is CNc1ccc(C(=O)NOC(C)C)c(Cl)c1. The highest BCUT2D eigenvalue weighted by molar-refractivity contribution is 6.34. The van der Waals surface area contributed by atoms with Gasteiger partial charge in [-0.1, -0.05) is 11.6 Å². The number of benzene rings is 1. The lowest BCUT2D eigenvalue weighted by Gasteiger charge is -2.10. The van der Waals surface area contributed by atoms with E-state index in [1.54, 1.807) is 25.2 Å². The zero-order valence-corrected chi connectivity index (χ0v) is 10.3. The average molecular weight is 243 g/mol. The minimum atomic E-state index is -0.346. The molecule has 1 aromatic carbocycles. The van der Waals surface area contributed by atoms with E-state index in [1.165, 1.54) is 0 Å². The summed E-state index contributed by atoms with van der Waals surface area (Å²) in [5.74, 6) is -0.346. The Morgan fingerprint density at radius 1 is 1.44 bits per heavy atom. The van der Waals surface area contributed by atoms with Crippen LogP contribution in [0, 0.1) is 0 Å². The molecule has 0 unspecified atom stereocenters. The van der Waals surface area contributed by atoms with E-state index in [9.17, 15) is 4.79 Å². The maximum absolute atomic E-state index is 11.6. The van der Waals surface area contributed by atoms with Gasteiger partial charge in [0.2, 0.25) is 0 Å². The molecule has 0 saturated heterocycles. The van der Waals surface area contributed by atoms with Gasteiger partial charge in [0, 0.05) is 12.7 Å². The Morgan fingerprint density at radius 2 is 2.12 bits per heavy atom. The number of carbonyl (C=O) groups excluding carboxylic acids is 1. The van der Waals surface area contributed by atoms with Gasteiger partial charge < -0.3 is 5.32 Å². The number of hydrogen-bond acceptors (Lipinski definition) is 3. The fourth-order valence-corrected chi connectivity index (χ4v) is 1.35. The molecule has 88 valence electrons. The third-order valence-corrected chi connectivity index (χ3v) is 2.20. The van der Waals surface area contributed by atoms with Gasteiger partial charge in [-0.2, -0.15) is 0 Å². The van der Waals surface area contributed by atoms with E-state index in [1.807, 2.05) is 13.8 Å². The van der Waals surface area contributed by atoms with Crippen molar-refractivity contribution >= 4 is 23.2 Å². The fourth-order valence-electron chi connectivity index (χ4n) is 1.08. The molecule has 1 aromatic rings. The van der Waals surface area contributed by atoms with Crippen LogP contribution >= 0.6 is 11.6 Å². The lowest BCUT2D eigenvalue weighted by Crippen LogP contribution is -2.27. The third kappa shape index (κ3) is 3.40. The van der Waals surface area contributed by atoms with Crippen LogP contribution in [0.3, 0.4) is 0 Å². The quantitative estimate of drug-likeness (QED) is 0.798. The van der Waals surface area contributed by atoms with Crippen LogP contribution in [0.5, 0.6) is 0 Å². The van der Waals surface area contributed by atoms with E-state index < -0.39 is 0 Å². The van der Waals surface area contributed by atoms with Crippen LogP contribution in [0.4, 0.5) is 5.69 Å². The number of hydroxylamine groups is 1. The van der Waals surface area contributed by atoms with E-state index in [0.717, 1.165) is 5.69 Å². The highest BCUT2D eigenvalue weighted by atomic mass is 35.5. The standard InChI is InChI=1S/C11H15ClN2O2/c1-7(2)16-14-11(15)9-5-4-8(13-3)6-10(9)12/h4-7,13H,1-3H3,(H,14,15). The summed E-state index contributed by atoms with van der Waals surface area (Å²) < 4.78 is 0. The second-order valence-electron chi connectivity index (χ2n) is 3.54. The molecule has 0 radical (unpaired) electrons. The van der Waals surface area contributed by atoms with Crippen LogP contribution < -0.4 is 10.8 Å². The fraction of sp³-hybridized carbons (Fsp3) is 0.364. The summed E-state index contributed by atoms with van der Waals surface area (Å²) in [5, 5.41) is 3.32. The van der Waals surface area contributed by atoms with Crippen LogP contribution in [0.25, 0.3) is 0 Å². The maximum atomic E-state index is 11.6. The number of hydrogen-bond donors (Lipinski definition) is 2. The largest absolute Gasteiger partial charge is 0.388 e. The molecule has 5 heteroatoms. The minimum Gasteiger partial charge on any atom is -0.388 e. The Kier molecular flexibility index (Phi) is 4.58. The van der Waals surface area contributed by atoms with Gasteiger partial charge >= 0.3 is 0 Å².